The highest BCUT2D eigenvalue weighted by atomic mass is 16.5. The van der Waals surface area contributed by atoms with Crippen molar-refractivity contribution in [1.82, 2.24) is 14.5 Å². The van der Waals surface area contributed by atoms with Crippen molar-refractivity contribution < 1.29 is 4.74 Å². The van der Waals surface area contributed by atoms with Crippen molar-refractivity contribution in [2.24, 2.45) is 0 Å². The highest BCUT2D eigenvalue weighted by Gasteiger charge is 2.11. The molecule has 2 aromatic carbocycles. The Morgan fingerprint density at radius 2 is 1.89 bits per heavy atom. The molecule has 0 unspecified atom stereocenters. The SMILES string of the molecule is COc1ccc(-n2c(C)ccc2/C=C(/C#N)c2nc3ccccc3[nH]2)cc1. The maximum Gasteiger partial charge on any atom is 0.149 e. The molecule has 0 aliphatic rings. The highest BCUT2D eigenvalue weighted by molar-refractivity contribution is 5.90. The van der Waals surface area contributed by atoms with Crippen molar-refractivity contribution in [3.05, 3.63) is 77.9 Å². The number of aryl methyl sites for hydroxylation is 1. The Hall–Kier alpha value is -3.78. The maximum atomic E-state index is 9.70. The second kappa shape index (κ2) is 6.85. The van der Waals surface area contributed by atoms with Gasteiger partial charge in [-0.05, 0) is 61.5 Å². The molecule has 0 spiro atoms. The van der Waals surface area contributed by atoms with Gasteiger partial charge in [0.1, 0.15) is 17.6 Å². The molecule has 2 aromatic heterocycles. The number of allylic oxidation sites excluding steroid dienone is 1. The zero-order valence-electron chi connectivity index (χ0n) is 15.1. The number of aromatic nitrogens is 3. The van der Waals surface area contributed by atoms with Gasteiger partial charge in [-0.2, -0.15) is 5.26 Å². The van der Waals surface area contributed by atoms with Gasteiger partial charge in [0.25, 0.3) is 0 Å². The van der Waals surface area contributed by atoms with E-state index in [1.807, 2.05) is 73.7 Å². The summed E-state index contributed by atoms with van der Waals surface area (Å²) in [6, 6.07) is 21.9. The highest BCUT2D eigenvalue weighted by Crippen LogP contribution is 2.24. The Morgan fingerprint density at radius 3 is 2.59 bits per heavy atom. The molecule has 0 amide bonds. The molecule has 4 rings (SSSR count). The third kappa shape index (κ3) is 3.09. The van der Waals surface area contributed by atoms with Crippen molar-refractivity contribution in [3.63, 3.8) is 0 Å². The van der Waals surface area contributed by atoms with Crippen LogP contribution >= 0.6 is 0 Å². The van der Waals surface area contributed by atoms with Crippen LogP contribution < -0.4 is 4.74 Å². The summed E-state index contributed by atoms with van der Waals surface area (Å²) in [4.78, 5) is 7.76. The van der Waals surface area contributed by atoms with Gasteiger partial charge >= 0.3 is 0 Å². The summed E-state index contributed by atoms with van der Waals surface area (Å²) in [6.07, 6.45) is 1.86. The second-order valence-corrected chi connectivity index (χ2v) is 6.21. The lowest BCUT2D eigenvalue weighted by molar-refractivity contribution is 0.414. The van der Waals surface area contributed by atoms with Crippen molar-refractivity contribution in [3.8, 4) is 17.5 Å². The number of hydrogen-bond donors (Lipinski definition) is 1. The minimum absolute atomic E-state index is 0.485. The zero-order valence-corrected chi connectivity index (χ0v) is 15.1. The van der Waals surface area contributed by atoms with Crippen molar-refractivity contribution >= 4 is 22.7 Å². The third-order valence-electron chi connectivity index (χ3n) is 4.49. The van der Waals surface area contributed by atoms with E-state index in [4.69, 9.17) is 4.74 Å². The topological polar surface area (TPSA) is 66.6 Å². The number of nitriles is 1. The fourth-order valence-corrected chi connectivity index (χ4v) is 3.14. The van der Waals surface area contributed by atoms with Crippen LogP contribution in [0.15, 0.2) is 60.7 Å². The van der Waals surface area contributed by atoms with E-state index < -0.39 is 0 Å². The molecule has 2 heterocycles. The minimum Gasteiger partial charge on any atom is -0.497 e. The average Bonchev–Trinajstić information content (AvgIpc) is 3.29. The molecule has 0 fully saturated rings. The van der Waals surface area contributed by atoms with Gasteiger partial charge in [-0.3, -0.25) is 0 Å². The lowest BCUT2D eigenvalue weighted by Crippen LogP contribution is -1.99. The molecule has 0 bridgehead atoms. The summed E-state index contributed by atoms with van der Waals surface area (Å²) in [5.41, 5.74) is 5.24. The first-order valence-electron chi connectivity index (χ1n) is 8.59. The molecule has 1 N–H and O–H groups in total. The number of ether oxygens (including phenoxy) is 1. The Balaban J connectivity index is 1.79. The van der Waals surface area contributed by atoms with E-state index in [0.29, 0.717) is 11.4 Å². The molecule has 0 saturated carbocycles. The molecule has 5 nitrogen and oxygen atoms in total. The van der Waals surface area contributed by atoms with E-state index in [9.17, 15) is 5.26 Å². The predicted molar refractivity (Wildman–Crippen MR) is 107 cm³/mol. The number of fused-ring (bicyclic) bond motifs is 1. The fraction of sp³-hybridized carbons (Fsp3) is 0.0909. The number of nitrogens with one attached hydrogen (secondary N) is 1. The normalized spacial score (nSPS) is 11.5. The molecule has 5 heteroatoms. The van der Waals surface area contributed by atoms with Crippen LogP contribution in [0.3, 0.4) is 0 Å². The number of imidazole rings is 1. The molecular formula is C22H18N4O. The van der Waals surface area contributed by atoms with E-state index in [0.717, 1.165) is 33.9 Å². The molecule has 0 aliphatic heterocycles. The van der Waals surface area contributed by atoms with Crippen molar-refractivity contribution in [2.45, 2.75) is 6.92 Å². The van der Waals surface area contributed by atoms with Gasteiger partial charge in [0.05, 0.1) is 23.7 Å². The van der Waals surface area contributed by atoms with E-state index in [2.05, 4.69) is 20.6 Å². The van der Waals surface area contributed by atoms with Crippen LogP contribution in [-0.4, -0.2) is 21.6 Å². The maximum absolute atomic E-state index is 9.70. The van der Waals surface area contributed by atoms with Gasteiger partial charge in [0, 0.05) is 17.1 Å². The summed E-state index contributed by atoms with van der Waals surface area (Å²) in [6.45, 7) is 2.04. The van der Waals surface area contributed by atoms with Crippen LogP contribution in [-0.2, 0) is 0 Å². The third-order valence-corrected chi connectivity index (χ3v) is 4.49. The van der Waals surface area contributed by atoms with Crippen molar-refractivity contribution in [2.75, 3.05) is 7.11 Å². The van der Waals surface area contributed by atoms with Crippen LogP contribution in [0.4, 0.5) is 0 Å². The van der Waals surface area contributed by atoms with E-state index in [-0.39, 0.29) is 0 Å². The van der Waals surface area contributed by atoms with Gasteiger partial charge in [-0.15, -0.1) is 0 Å². The lowest BCUT2D eigenvalue weighted by atomic mass is 10.2. The summed E-state index contributed by atoms with van der Waals surface area (Å²) in [7, 11) is 1.65. The minimum atomic E-state index is 0.485. The zero-order chi connectivity index (χ0) is 18.8. The first kappa shape index (κ1) is 16.7. The van der Waals surface area contributed by atoms with Gasteiger partial charge < -0.3 is 14.3 Å². The Bertz CT molecular complexity index is 1140. The average molecular weight is 354 g/mol. The molecular weight excluding hydrogens is 336 g/mol. The summed E-state index contributed by atoms with van der Waals surface area (Å²) in [5.74, 6) is 1.37. The molecule has 4 aromatic rings. The molecule has 0 aliphatic carbocycles. The van der Waals surface area contributed by atoms with Gasteiger partial charge in [0.15, 0.2) is 0 Å². The number of rotatable bonds is 4. The summed E-state index contributed by atoms with van der Waals surface area (Å²) < 4.78 is 7.34. The second-order valence-electron chi connectivity index (χ2n) is 6.21. The number of methoxy groups -OCH3 is 1. The quantitative estimate of drug-likeness (QED) is 0.539. The predicted octanol–water partition coefficient (Wildman–Crippen LogP) is 4.73. The number of H-pyrrole nitrogens is 1. The van der Waals surface area contributed by atoms with Gasteiger partial charge in [-0.1, -0.05) is 12.1 Å². The van der Waals surface area contributed by atoms with Crippen molar-refractivity contribution in [1.29, 1.82) is 5.26 Å². The monoisotopic (exact) mass is 354 g/mol. The number of hydrogen-bond acceptors (Lipinski definition) is 3. The van der Waals surface area contributed by atoms with E-state index >= 15 is 0 Å². The molecule has 0 saturated heterocycles. The number of para-hydroxylation sites is 2. The molecule has 132 valence electrons. The van der Waals surface area contributed by atoms with E-state index in [1.54, 1.807) is 7.11 Å². The number of aromatic amines is 1. The molecule has 0 radical (unpaired) electrons. The largest absolute Gasteiger partial charge is 0.497 e. The molecule has 27 heavy (non-hydrogen) atoms. The van der Waals surface area contributed by atoms with Crippen LogP contribution in [0.5, 0.6) is 5.75 Å². The van der Waals surface area contributed by atoms with E-state index in [1.165, 1.54) is 0 Å². The van der Waals surface area contributed by atoms with Crippen LogP contribution in [0, 0.1) is 18.3 Å². The molecule has 0 atom stereocenters. The Labute approximate surface area is 157 Å². The number of benzene rings is 2. The Morgan fingerprint density at radius 1 is 1.11 bits per heavy atom. The van der Waals surface area contributed by atoms with Gasteiger partial charge in [-0.25, -0.2) is 4.98 Å². The standard InChI is InChI=1S/C22H18N4O/c1-15-7-8-18(26(15)17-9-11-19(27-2)12-10-17)13-16(14-23)22-24-20-5-3-4-6-21(20)25-22/h3-13H,1-2H3,(H,24,25)/b16-13-. The van der Waals surface area contributed by atoms with Crippen LogP contribution in [0.1, 0.15) is 17.2 Å². The smallest absolute Gasteiger partial charge is 0.149 e. The summed E-state index contributed by atoms with van der Waals surface area (Å²) >= 11 is 0. The first-order valence-corrected chi connectivity index (χ1v) is 8.59. The first-order chi connectivity index (χ1) is 13.2. The number of nitrogens with zero attached hydrogens (tertiary/aromatic N) is 3. The van der Waals surface area contributed by atoms with Crippen LogP contribution in [0.25, 0.3) is 28.4 Å². The fourth-order valence-electron chi connectivity index (χ4n) is 3.14. The lowest BCUT2D eigenvalue weighted by Gasteiger charge is -2.10. The summed E-state index contributed by atoms with van der Waals surface area (Å²) in [5, 5.41) is 9.70. The Kier molecular flexibility index (Phi) is 4.23. The van der Waals surface area contributed by atoms with Gasteiger partial charge in [0.2, 0.25) is 0 Å². The van der Waals surface area contributed by atoms with Crippen LogP contribution in [0.2, 0.25) is 0 Å².